The van der Waals surface area contributed by atoms with E-state index in [2.05, 4.69) is 6.92 Å². The third-order valence-electron chi connectivity index (χ3n) is 3.08. The van der Waals surface area contributed by atoms with Crippen LogP contribution in [0.25, 0.3) is 0 Å². The van der Waals surface area contributed by atoms with Crippen LogP contribution in [0, 0.1) is 5.92 Å². The van der Waals surface area contributed by atoms with Crippen LogP contribution in [0.2, 0.25) is 0 Å². The quantitative estimate of drug-likeness (QED) is 0.727. The van der Waals surface area contributed by atoms with Gasteiger partial charge in [0.1, 0.15) is 0 Å². The minimum Gasteiger partial charge on any atom is -0.393 e. The van der Waals surface area contributed by atoms with Gasteiger partial charge in [-0.1, -0.05) is 0 Å². The van der Waals surface area contributed by atoms with Crippen LogP contribution in [0.4, 0.5) is 0 Å². The summed E-state index contributed by atoms with van der Waals surface area (Å²) in [5.41, 5.74) is 0. The van der Waals surface area contributed by atoms with Crippen LogP contribution in [0.15, 0.2) is 0 Å². The second-order valence-corrected chi connectivity index (χ2v) is 4.47. The van der Waals surface area contributed by atoms with Gasteiger partial charge in [-0.15, -0.1) is 0 Å². The highest BCUT2D eigenvalue weighted by Crippen LogP contribution is 2.34. The second kappa shape index (κ2) is 4.78. The molecule has 0 aromatic heterocycles. The van der Waals surface area contributed by atoms with E-state index in [1.807, 2.05) is 11.9 Å². The lowest BCUT2D eigenvalue weighted by Crippen LogP contribution is -2.36. The highest BCUT2D eigenvalue weighted by Gasteiger charge is 2.32. The number of carbonyl (C=O) groups is 1. The average Bonchev–Trinajstić information content (AvgIpc) is 2.94. The predicted molar refractivity (Wildman–Crippen MR) is 55.9 cm³/mol. The van der Waals surface area contributed by atoms with Crippen molar-refractivity contribution in [2.75, 3.05) is 7.05 Å². The summed E-state index contributed by atoms with van der Waals surface area (Å²) >= 11 is 0. The number of aliphatic hydroxyl groups excluding tert-OH is 1. The summed E-state index contributed by atoms with van der Waals surface area (Å²) < 4.78 is 0. The average molecular weight is 199 g/mol. The van der Waals surface area contributed by atoms with Crippen molar-refractivity contribution in [3.05, 3.63) is 0 Å². The maximum atomic E-state index is 11.6. The number of aliphatic hydroxyl groups is 1. The van der Waals surface area contributed by atoms with Gasteiger partial charge in [0, 0.05) is 19.5 Å². The molecule has 1 N–H and O–H groups in total. The van der Waals surface area contributed by atoms with E-state index in [1.165, 1.54) is 12.8 Å². The van der Waals surface area contributed by atoms with Gasteiger partial charge in [0.25, 0.3) is 0 Å². The van der Waals surface area contributed by atoms with Gasteiger partial charge in [-0.25, -0.2) is 0 Å². The molecule has 82 valence electrons. The van der Waals surface area contributed by atoms with E-state index in [0.29, 0.717) is 18.9 Å². The van der Waals surface area contributed by atoms with Gasteiger partial charge in [0.15, 0.2) is 0 Å². The fourth-order valence-corrected chi connectivity index (χ4v) is 1.63. The van der Waals surface area contributed by atoms with Crippen molar-refractivity contribution in [3.63, 3.8) is 0 Å². The largest absolute Gasteiger partial charge is 0.393 e. The first-order chi connectivity index (χ1) is 6.52. The third-order valence-corrected chi connectivity index (χ3v) is 3.08. The van der Waals surface area contributed by atoms with Gasteiger partial charge in [-0.3, -0.25) is 4.79 Å². The number of carbonyl (C=O) groups excluding carboxylic acids is 1. The van der Waals surface area contributed by atoms with Crippen LogP contribution >= 0.6 is 0 Å². The van der Waals surface area contributed by atoms with E-state index >= 15 is 0 Å². The molecule has 0 radical (unpaired) electrons. The first-order valence-electron chi connectivity index (χ1n) is 5.46. The molecule has 0 aliphatic heterocycles. The van der Waals surface area contributed by atoms with Crippen molar-refractivity contribution >= 4 is 5.91 Å². The lowest BCUT2D eigenvalue weighted by Gasteiger charge is -2.25. The van der Waals surface area contributed by atoms with Crippen molar-refractivity contribution in [2.45, 2.75) is 51.7 Å². The van der Waals surface area contributed by atoms with Gasteiger partial charge >= 0.3 is 0 Å². The summed E-state index contributed by atoms with van der Waals surface area (Å²) in [5, 5.41) is 9.07. The van der Waals surface area contributed by atoms with Crippen molar-refractivity contribution in [1.82, 2.24) is 4.90 Å². The first kappa shape index (κ1) is 11.5. The van der Waals surface area contributed by atoms with Crippen LogP contribution in [0.1, 0.15) is 39.5 Å². The lowest BCUT2D eigenvalue weighted by molar-refractivity contribution is -0.132. The summed E-state index contributed by atoms with van der Waals surface area (Å²) in [6.45, 7) is 3.83. The standard InChI is InChI=1S/C11H21NO2/c1-8(13)4-7-11(14)12(3)9(2)10-5-6-10/h8-10,13H,4-7H2,1-3H3. The molecule has 0 heterocycles. The second-order valence-electron chi connectivity index (χ2n) is 4.47. The molecule has 0 aromatic rings. The van der Waals surface area contributed by atoms with Crippen LogP contribution < -0.4 is 0 Å². The maximum Gasteiger partial charge on any atom is 0.222 e. The fourth-order valence-electron chi connectivity index (χ4n) is 1.63. The molecular formula is C11H21NO2. The molecule has 1 rings (SSSR count). The molecule has 1 aliphatic rings. The molecule has 2 atom stereocenters. The smallest absolute Gasteiger partial charge is 0.222 e. The Balaban J connectivity index is 2.27. The molecule has 0 aromatic carbocycles. The van der Waals surface area contributed by atoms with Crippen LogP contribution in [-0.4, -0.2) is 35.1 Å². The minimum atomic E-state index is -0.372. The van der Waals surface area contributed by atoms with Gasteiger partial charge in [-0.2, -0.15) is 0 Å². The Labute approximate surface area is 86.1 Å². The van der Waals surface area contributed by atoms with E-state index in [9.17, 15) is 4.79 Å². The van der Waals surface area contributed by atoms with E-state index in [0.717, 1.165) is 5.92 Å². The Morgan fingerprint density at radius 1 is 1.50 bits per heavy atom. The van der Waals surface area contributed by atoms with Gasteiger partial charge in [0.05, 0.1) is 6.10 Å². The highest BCUT2D eigenvalue weighted by molar-refractivity contribution is 5.76. The minimum absolute atomic E-state index is 0.158. The van der Waals surface area contributed by atoms with E-state index in [1.54, 1.807) is 6.92 Å². The molecule has 1 amide bonds. The van der Waals surface area contributed by atoms with E-state index in [4.69, 9.17) is 5.11 Å². The number of hydrogen-bond acceptors (Lipinski definition) is 2. The molecule has 3 heteroatoms. The maximum absolute atomic E-state index is 11.6. The molecule has 3 nitrogen and oxygen atoms in total. The Morgan fingerprint density at radius 2 is 2.07 bits per heavy atom. The molecule has 0 spiro atoms. The zero-order valence-corrected chi connectivity index (χ0v) is 9.36. The Kier molecular flexibility index (Phi) is 3.93. The molecule has 0 saturated heterocycles. The molecular weight excluding hydrogens is 178 g/mol. The number of amides is 1. The van der Waals surface area contributed by atoms with E-state index < -0.39 is 0 Å². The highest BCUT2D eigenvalue weighted by atomic mass is 16.3. The Hall–Kier alpha value is -0.570. The zero-order chi connectivity index (χ0) is 10.7. The van der Waals surface area contributed by atoms with Gasteiger partial charge in [-0.05, 0) is 39.0 Å². The van der Waals surface area contributed by atoms with Crippen LogP contribution in [0.3, 0.4) is 0 Å². The monoisotopic (exact) mass is 199 g/mol. The number of hydrogen-bond donors (Lipinski definition) is 1. The number of nitrogens with zero attached hydrogens (tertiary/aromatic N) is 1. The van der Waals surface area contributed by atoms with Crippen LogP contribution in [0.5, 0.6) is 0 Å². The molecule has 1 fully saturated rings. The number of rotatable bonds is 5. The summed E-state index contributed by atoms with van der Waals surface area (Å²) in [4.78, 5) is 13.5. The molecule has 1 aliphatic carbocycles. The Morgan fingerprint density at radius 3 is 2.50 bits per heavy atom. The normalized spacial score (nSPS) is 20.3. The topological polar surface area (TPSA) is 40.5 Å². The summed E-state index contributed by atoms with van der Waals surface area (Å²) in [6.07, 6.45) is 3.18. The first-order valence-corrected chi connectivity index (χ1v) is 5.46. The van der Waals surface area contributed by atoms with Crippen LogP contribution in [-0.2, 0) is 4.79 Å². The molecule has 2 unspecified atom stereocenters. The van der Waals surface area contributed by atoms with Gasteiger partial charge < -0.3 is 10.0 Å². The zero-order valence-electron chi connectivity index (χ0n) is 9.36. The molecule has 1 saturated carbocycles. The lowest BCUT2D eigenvalue weighted by atomic mass is 10.1. The summed E-state index contributed by atoms with van der Waals surface area (Å²) in [6, 6.07) is 0.372. The fraction of sp³-hybridized carbons (Fsp3) is 0.909. The van der Waals surface area contributed by atoms with Crippen molar-refractivity contribution < 1.29 is 9.90 Å². The third kappa shape index (κ3) is 3.29. The summed E-state index contributed by atoms with van der Waals surface area (Å²) in [5.74, 6) is 0.876. The van der Waals surface area contributed by atoms with E-state index in [-0.39, 0.29) is 12.0 Å². The SMILES string of the molecule is CC(O)CCC(=O)N(C)C(C)C1CC1. The molecule has 14 heavy (non-hydrogen) atoms. The van der Waals surface area contributed by atoms with Crippen molar-refractivity contribution in [3.8, 4) is 0 Å². The predicted octanol–water partition coefficient (Wildman–Crippen LogP) is 1.40. The van der Waals surface area contributed by atoms with Gasteiger partial charge in [0.2, 0.25) is 5.91 Å². The summed E-state index contributed by atoms with van der Waals surface area (Å²) in [7, 11) is 1.87. The Bertz CT molecular complexity index is 199. The van der Waals surface area contributed by atoms with Crippen molar-refractivity contribution in [1.29, 1.82) is 0 Å². The van der Waals surface area contributed by atoms with Crippen molar-refractivity contribution in [2.24, 2.45) is 5.92 Å². The molecule has 0 bridgehead atoms.